The zero-order chi connectivity index (χ0) is 13.4. The largest absolute Gasteiger partial charge is 0.490 e. The highest BCUT2D eigenvalue weighted by Gasteiger charge is 2.07. The summed E-state index contributed by atoms with van der Waals surface area (Å²) in [6.45, 7) is 4.62. The molecule has 19 heavy (non-hydrogen) atoms. The third-order valence-corrected chi connectivity index (χ3v) is 2.21. The zero-order valence-electron chi connectivity index (χ0n) is 11.0. The number of nitrogens with one attached hydrogen (secondary N) is 1. The number of hydrogen-bond acceptors (Lipinski definition) is 4. The number of hydrogen-bond donors (Lipinski definition) is 2. The summed E-state index contributed by atoms with van der Waals surface area (Å²) < 4.78 is 5.43. The lowest BCUT2D eigenvalue weighted by atomic mass is 10.3. The van der Waals surface area contributed by atoms with E-state index in [1.165, 1.54) is 0 Å². The smallest absolute Gasteiger partial charge is 0.129 e. The first-order valence-corrected chi connectivity index (χ1v) is 5.82. The highest BCUT2D eigenvalue weighted by Crippen LogP contribution is 2.26. The molecule has 1 aromatic rings. The number of rotatable bonds is 7. The van der Waals surface area contributed by atoms with E-state index in [4.69, 9.17) is 10.3 Å². The van der Waals surface area contributed by atoms with Gasteiger partial charge in [-0.05, 0) is 17.7 Å². The van der Waals surface area contributed by atoms with E-state index in [-0.39, 0.29) is 19.0 Å². The molecule has 0 radical (unpaired) electrons. The molecule has 0 amide bonds. The fraction of sp³-hybridized carbons (Fsp3) is 0.500. The van der Waals surface area contributed by atoms with Crippen LogP contribution in [0.2, 0.25) is 0 Å². The molecule has 1 unspecified atom stereocenters. The molecular formula is C12H19ClN4O2. The van der Waals surface area contributed by atoms with Crippen molar-refractivity contribution in [3.8, 4) is 5.75 Å². The van der Waals surface area contributed by atoms with Gasteiger partial charge >= 0.3 is 0 Å². The Balaban J connectivity index is 0.00000324. The van der Waals surface area contributed by atoms with Gasteiger partial charge in [0.05, 0.1) is 5.69 Å². The highest BCUT2D eigenvalue weighted by atomic mass is 35.5. The molecule has 6 nitrogen and oxygen atoms in total. The Morgan fingerprint density at radius 1 is 1.42 bits per heavy atom. The van der Waals surface area contributed by atoms with E-state index in [1.807, 2.05) is 13.8 Å². The predicted molar refractivity (Wildman–Crippen MR) is 77.1 cm³/mol. The van der Waals surface area contributed by atoms with Gasteiger partial charge in [-0.15, -0.1) is 12.4 Å². The molecule has 0 fully saturated rings. The zero-order valence-corrected chi connectivity index (χ0v) is 11.8. The molecular weight excluding hydrogens is 268 g/mol. The first-order chi connectivity index (χ1) is 8.63. The van der Waals surface area contributed by atoms with Gasteiger partial charge in [-0.2, -0.15) is 0 Å². The van der Waals surface area contributed by atoms with E-state index in [9.17, 15) is 5.11 Å². The van der Waals surface area contributed by atoms with E-state index >= 15 is 0 Å². The van der Waals surface area contributed by atoms with Gasteiger partial charge in [0.25, 0.3) is 0 Å². The minimum Gasteiger partial charge on any atom is -0.490 e. The highest BCUT2D eigenvalue weighted by molar-refractivity contribution is 5.85. The van der Waals surface area contributed by atoms with E-state index in [1.54, 1.807) is 24.3 Å². The Hall–Kier alpha value is -1.46. The molecule has 0 saturated heterocycles. The summed E-state index contributed by atoms with van der Waals surface area (Å²) in [5.74, 6) is 0.471. The molecule has 0 aliphatic carbocycles. The van der Waals surface area contributed by atoms with Gasteiger partial charge in [0.15, 0.2) is 0 Å². The van der Waals surface area contributed by atoms with Crippen LogP contribution in [-0.4, -0.2) is 30.4 Å². The van der Waals surface area contributed by atoms with Crippen molar-refractivity contribution in [2.24, 2.45) is 5.11 Å². The standard InChI is InChI=1S/C12H18N4O2.ClH/c1-9(2)14-7-10(17)8-18-12-6-4-3-5-11(12)15-16-13;/h3-6,9-10,14,17H,7-8H2,1-2H3;1H. The van der Waals surface area contributed by atoms with E-state index < -0.39 is 6.10 Å². The van der Waals surface area contributed by atoms with Crippen LogP contribution in [0.25, 0.3) is 10.4 Å². The second kappa shape index (κ2) is 9.47. The Kier molecular flexibility index (Phi) is 8.74. The van der Waals surface area contributed by atoms with Gasteiger partial charge in [-0.1, -0.05) is 31.1 Å². The second-order valence-corrected chi connectivity index (χ2v) is 4.18. The number of ether oxygens (including phenoxy) is 1. The van der Waals surface area contributed by atoms with Crippen molar-refractivity contribution >= 4 is 18.1 Å². The Bertz CT molecular complexity index is 422. The van der Waals surface area contributed by atoms with Crippen molar-refractivity contribution in [1.82, 2.24) is 5.32 Å². The number of azide groups is 1. The topological polar surface area (TPSA) is 90.2 Å². The van der Waals surface area contributed by atoms with E-state index in [0.717, 1.165) is 0 Å². The van der Waals surface area contributed by atoms with Crippen molar-refractivity contribution in [1.29, 1.82) is 0 Å². The monoisotopic (exact) mass is 286 g/mol. The van der Waals surface area contributed by atoms with Crippen LogP contribution in [0.1, 0.15) is 13.8 Å². The van der Waals surface area contributed by atoms with Crippen LogP contribution in [-0.2, 0) is 0 Å². The van der Waals surface area contributed by atoms with Crippen molar-refractivity contribution in [2.45, 2.75) is 26.0 Å². The van der Waals surface area contributed by atoms with E-state index in [2.05, 4.69) is 15.3 Å². The fourth-order valence-corrected chi connectivity index (χ4v) is 1.33. The Labute approximate surface area is 118 Å². The van der Waals surface area contributed by atoms with Crippen molar-refractivity contribution in [2.75, 3.05) is 13.2 Å². The third kappa shape index (κ3) is 6.88. The molecule has 0 aromatic heterocycles. The molecule has 0 aliphatic rings. The molecule has 0 spiro atoms. The van der Waals surface area contributed by atoms with Crippen molar-refractivity contribution in [3.63, 3.8) is 0 Å². The maximum atomic E-state index is 9.69. The summed E-state index contributed by atoms with van der Waals surface area (Å²) in [6.07, 6.45) is -0.605. The molecule has 106 valence electrons. The summed E-state index contributed by atoms with van der Waals surface area (Å²) in [6, 6.07) is 7.22. The average molecular weight is 287 g/mol. The van der Waals surface area contributed by atoms with Crippen molar-refractivity contribution in [3.05, 3.63) is 34.7 Å². The molecule has 2 N–H and O–H groups in total. The lowest BCUT2D eigenvalue weighted by Crippen LogP contribution is -2.35. The third-order valence-electron chi connectivity index (χ3n) is 2.21. The lowest BCUT2D eigenvalue weighted by Gasteiger charge is -2.15. The Morgan fingerprint density at radius 3 is 2.74 bits per heavy atom. The number of halogens is 1. The molecule has 7 heteroatoms. The van der Waals surface area contributed by atoms with Gasteiger partial charge in [0.1, 0.15) is 18.5 Å². The maximum Gasteiger partial charge on any atom is 0.129 e. The number of para-hydroxylation sites is 1. The molecule has 1 aromatic carbocycles. The maximum absolute atomic E-state index is 9.69. The van der Waals surface area contributed by atoms with Gasteiger partial charge in [-0.25, -0.2) is 0 Å². The SMILES string of the molecule is CC(C)NCC(O)COc1ccccc1N=[N+]=[N-].Cl. The quantitative estimate of drug-likeness (QED) is 0.459. The number of aliphatic hydroxyl groups excluding tert-OH is 1. The van der Waals surface area contributed by atoms with Gasteiger partial charge in [0.2, 0.25) is 0 Å². The molecule has 1 rings (SSSR count). The van der Waals surface area contributed by atoms with Crippen LogP contribution in [0.5, 0.6) is 5.75 Å². The summed E-state index contributed by atoms with van der Waals surface area (Å²) in [5.41, 5.74) is 8.83. The minimum atomic E-state index is -0.605. The normalized spacial score (nSPS) is 11.4. The summed E-state index contributed by atoms with van der Waals surface area (Å²) in [5, 5.41) is 16.3. The fourth-order valence-electron chi connectivity index (χ4n) is 1.33. The van der Waals surface area contributed by atoms with Gasteiger partial charge in [-0.3, -0.25) is 0 Å². The summed E-state index contributed by atoms with van der Waals surface area (Å²) >= 11 is 0. The van der Waals surface area contributed by atoms with Crippen molar-refractivity contribution < 1.29 is 9.84 Å². The minimum absolute atomic E-state index is 0. The molecule has 0 saturated carbocycles. The second-order valence-electron chi connectivity index (χ2n) is 4.18. The van der Waals surface area contributed by atoms with Gasteiger partial charge in [0, 0.05) is 17.5 Å². The molecule has 0 heterocycles. The first-order valence-electron chi connectivity index (χ1n) is 5.82. The van der Waals surface area contributed by atoms with Crippen LogP contribution in [0, 0.1) is 0 Å². The average Bonchev–Trinajstić information content (AvgIpc) is 2.35. The molecule has 1 atom stereocenters. The number of nitrogens with zero attached hydrogens (tertiary/aromatic N) is 3. The molecule has 0 bridgehead atoms. The summed E-state index contributed by atoms with van der Waals surface area (Å²) in [7, 11) is 0. The van der Waals surface area contributed by atoms with Crippen LogP contribution < -0.4 is 10.1 Å². The lowest BCUT2D eigenvalue weighted by molar-refractivity contribution is 0.105. The van der Waals surface area contributed by atoms with E-state index in [0.29, 0.717) is 24.0 Å². The van der Waals surface area contributed by atoms with Crippen LogP contribution in [0.15, 0.2) is 29.4 Å². The van der Waals surface area contributed by atoms with Gasteiger partial charge < -0.3 is 15.2 Å². The first kappa shape index (κ1) is 17.5. The van der Waals surface area contributed by atoms with Crippen LogP contribution in [0.3, 0.4) is 0 Å². The van der Waals surface area contributed by atoms with Crippen LogP contribution >= 0.6 is 12.4 Å². The summed E-state index contributed by atoms with van der Waals surface area (Å²) in [4.78, 5) is 2.72. The Morgan fingerprint density at radius 2 is 2.11 bits per heavy atom. The van der Waals surface area contributed by atoms with Crippen LogP contribution in [0.4, 0.5) is 5.69 Å². The number of aliphatic hydroxyl groups is 1. The predicted octanol–water partition coefficient (Wildman–Crippen LogP) is 2.79. The molecule has 0 aliphatic heterocycles. The number of benzene rings is 1.